The predicted molar refractivity (Wildman–Crippen MR) is 123 cm³/mol. The van der Waals surface area contributed by atoms with Crippen molar-refractivity contribution >= 4 is 28.2 Å². The molecule has 1 N–H and O–H groups in total. The Morgan fingerprint density at radius 3 is 2.41 bits per heavy atom. The second-order valence-corrected chi connectivity index (χ2v) is 8.41. The average molecular weight is 428 g/mol. The summed E-state index contributed by atoms with van der Waals surface area (Å²) in [6, 6.07) is 20.0. The van der Waals surface area contributed by atoms with Gasteiger partial charge in [-0.2, -0.15) is 0 Å². The summed E-state index contributed by atoms with van der Waals surface area (Å²) < 4.78 is 5.59. The van der Waals surface area contributed by atoms with Crippen LogP contribution in [0.15, 0.2) is 72.3 Å². The SMILES string of the molecule is COc1ccccc1C1/C(=C(\O)c2cccc3ccccc23)C(=O)C(=O)N1C1CCCC1. The summed E-state index contributed by atoms with van der Waals surface area (Å²) in [5.74, 6) is -0.740. The molecule has 32 heavy (non-hydrogen) atoms. The third-order valence-electron chi connectivity index (χ3n) is 6.68. The topological polar surface area (TPSA) is 66.8 Å². The van der Waals surface area contributed by atoms with Gasteiger partial charge in [-0.25, -0.2) is 0 Å². The molecule has 5 rings (SSSR count). The largest absolute Gasteiger partial charge is 0.507 e. The highest BCUT2D eigenvalue weighted by Gasteiger charge is 2.50. The molecule has 0 radical (unpaired) electrons. The van der Waals surface area contributed by atoms with E-state index in [1.54, 1.807) is 18.1 Å². The van der Waals surface area contributed by atoms with Gasteiger partial charge in [0.25, 0.3) is 11.7 Å². The van der Waals surface area contributed by atoms with Crippen molar-refractivity contribution in [2.75, 3.05) is 7.11 Å². The first-order valence-corrected chi connectivity index (χ1v) is 11.0. The van der Waals surface area contributed by atoms with Crippen molar-refractivity contribution in [3.8, 4) is 5.75 Å². The molecule has 1 amide bonds. The van der Waals surface area contributed by atoms with Crippen molar-refractivity contribution < 1.29 is 19.4 Å². The third kappa shape index (κ3) is 3.16. The smallest absolute Gasteiger partial charge is 0.295 e. The van der Waals surface area contributed by atoms with Crippen molar-refractivity contribution in [3.63, 3.8) is 0 Å². The number of ether oxygens (including phenoxy) is 1. The van der Waals surface area contributed by atoms with Crippen molar-refractivity contribution in [3.05, 3.63) is 83.4 Å². The number of carbonyl (C=O) groups excluding carboxylic acids is 2. The first-order chi connectivity index (χ1) is 15.6. The summed E-state index contributed by atoms with van der Waals surface area (Å²) in [4.78, 5) is 28.3. The maximum atomic E-state index is 13.4. The minimum absolute atomic E-state index is 0.0285. The Bertz CT molecular complexity index is 1230. The number of amides is 1. The van der Waals surface area contributed by atoms with E-state index in [4.69, 9.17) is 4.74 Å². The van der Waals surface area contributed by atoms with E-state index in [0.717, 1.165) is 36.5 Å². The number of carbonyl (C=O) groups is 2. The normalized spacial score (nSPS) is 20.9. The molecule has 162 valence electrons. The second-order valence-electron chi connectivity index (χ2n) is 8.41. The van der Waals surface area contributed by atoms with Gasteiger partial charge in [-0.05, 0) is 29.7 Å². The van der Waals surface area contributed by atoms with Crippen LogP contribution >= 0.6 is 0 Å². The molecule has 5 heteroatoms. The van der Waals surface area contributed by atoms with E-state index in [0.29, 0.717) is 16.9 Å². The summed E-state index contributed by atoms with van der Waals surface area (Å²) >= 11 is 0. The number of hydrogen-bond acceptors (Lipinski definition) is 4. The zero-order valence-electron chi connectivity index (χ0n) is 18.0. The molecule has 5 nitrogen and oxygen atoms in total. The Morgan fingerprint density at radius 1 is 0.938 bits per heavy atom. The predicted octanol–water partition coefficient (Wildman–Crippen LogP) is 5.21. The van der Waals surface area contributed by atoms with Crippen molar-refractivity contribution in [1.82, 2.24) is 4.90 Å². The number of ketones is 1. The molecule has 1 unspecified atom stereocenters. The van der Waals surface area contributed by atoms with Crippen LogP contribution < -0.4 is 4.74 Å². The number of Topliss-reactive ketones (excluding diaryl/α,β-unsaturated/α-hetero) is 1. The molecule has 1 saturated heterocycles. The van der Waals surface area contributed by atoms with E-state index < -0.39 is 17.7 Å². The summed E-state index contributed by atoms with van der Waals surface area (Å²) in [6.07, 6.45) is 3.76. The number of aliphatic hydroxyl groups excluding tert-OH is 1. The summed E-state index contributed by atoms with van der Waals surface area (Å²) in [5, 5.41) is 13.3. The van der Waals surface area contributed by atoms with Gasteiger partial charge in [0.05, 0.1) is 18.7 Å². The van der Waals surface area contributed by atoms with Gasteiger partial charge in [-0.15, -0.1) is 0 Å². The summed E-state index contributed by atoms with van der Waals surface area (Å²) in [5.41, 5.74) is 1.39. The minimum atomic E-state index is -0.687. The fraction of sp³-hybridized carbons (Fsp3) is 0.259. The molecule has 0 spiro atoms. The number of nitrogens with zero attached hydrogens (tertiary/aromatic N) is 1. The fourth-order valence-corrected chi connectivity index (χ4v) is 5.18. The van der Waals surface area contributed by atoms with Gasteiger partial charge >= 0.3 is 0 Å². The number of para-hydroxylation sites is 1. The molecule has 1 saturated carbocycles. The molecule has 0 aromatic heterocycles. The lowest BCUT2D eigenvalue weighted by atomic mass is 9.92. The van der Waals surface area contributed by atoms with E-state index in [9.17, 15) is 14.7 Å². The van der Waals surface area contributed by atoms with Crippen LogP contribution in [0.4, 0.5) is 0 Å². The Morgan fingerprint density at radius 2 is 1.62 bits per heavy atom. The standard InChI is InChI=1S/C27H25NO4/c1-32-22-16-7-6-14-21(22)24-23(26(30)27(31)28(24)18-11-3-4-12-18)25(29)20-15-8-10-17-9-2-5-13-19(17)20/h2,5-10,13-16,18,24,29H,3-4,11-12H2,1H3/b25-23+. The van der Waals surface area contributed by atoms with E-state index >= 15 is 0 Å². The molecule has 1 aliphatic carbocycles. The van der Waals surface area contributed by atoms with Gasteiger partial charge in [-0.1, -0.05) is 73.5 Å². The Kier molecular flexibility index (Phi) is 5.17. The molecule has 1 atom stereocenters. The van der Waals surface area contributed by atoms with Gasteiger partial charge in [0, 0.05) is 17.2 Å². The zero-order chi connectivity index (χ0) is 22.2. The Hall–Kier alpha value is -3.60. The lowest BCUT2D eigenvalue weighted by Crippen LogP contribution is -2.37. The number of likely N-dealkylation sites (tertiary alicyclic amines) is 1. The first-order valence-electron chi connectivity index (χ1n) is 11.0. The Labute approximate surface area is 186 Å². The number of benzene rings is 3. The molecular formula is C27H25NO4. The van der Waals surface area contributed by atoms with Crippen molar-refractivity contribution in [1.29, 1.82) is 0 Å². The molecular weight excluding hydrogens is 402 g/mol. The molecule has 0 bridgehead atoms. The molecule has 1 heterocycles. The van der Waals surface area contributed by atoms with Crippen LogP contribution in [0.2, 0.25) is 0 Å². The van der Waals surface area contributed by atoms with Crippen LogP contribution in [0.5, 0.6) is 5.75 Å². The van der Waals surface area contributed by atoms with Crippen LogP contribution in [0.3, 0.4) is 0 Å². The first kappa shape index (κ1) is 20.3. The van der Waals surface area contributed by atoms with Crippen LogP contribution in [0, 0.1) is 0 Å². The lowest BCUT2D eigenvalue weighted by Gasteiger charge is -2.31. The van der Waals surface area contributed by atoms with Gasteiger partial charge in [0.1, 0.15) is 11.5 Å². The highest BCUT2D eigenvalue weighted by molar-refractivity contribution is 6.46. The van der Waals surface area contributed by atoms with Gasteiger partial charge in [0.15, 0.2) is 0 Å². The van der Waals surface area contributed by atoms with Crippen LogP contribution in [-0.4, -0.2) is 34.8 Å². The van der Waals surface area contributed by atoms with Crippen LogP contribution in [0.25, 0.3) is 16.5 Å². The highest BCUT2D eigenvalue weighted by atomic mass is 16.5. The third-order valence-corrected chi connectivity index (χ3v) is 6.68. The molecule has 3 aromatic carbocycles. The number of fused-ring (bicyclic) bond motifs is 1. The number of methoxy groups -OCH3 is 1. The van der Waals surface area contributed by atoms with E-state index in [1.807, 2.05) is 60.7 Å². The zero-order valence-corrected chi connectivity index (χ0v) is 18.0. The van der Waals surface area contributed by atoms with E-state index in [2.05, 4.69) is 0 Å². The minimum Gasteiger partial charge on any atom is -0.507 e. The average Bonchev–Trinajstić information content (AvgIpc) is 3.45. The highest BCUT2D eigenvalue weighted by Crippen LogP contribution is 2.46. The van der Waals surface area contributed by atoms with Crippen molar-refractivity contribution in [2.45, 2.75) is 37.8 Å². The quantitative estimate of drug-likeness (QED) is 0.352. The second kappa shape index (κ2) is 8.15. The van der Waals surface area contributed by atoms with Crippen LogP contribution in [-0.2, 0) is 9.59 Å². The molecule has 2 aliphatic rings. The van der Waals surface area contributed by atoms with E-state index in [1.165, 1.54) is 0 Å². The fourth-order valence-electron chi connectivity index (χ4n) is 5.18. The number of hydrogen-bond donors (Lipinski definition) is 1. The van der Waals surface area contributed by atoms with Crippen molar-refractivity contribution in [2.24, 2.45) is 0 Å². The summed E-state index contributed by atoms with van der Waals surface area (Å²) in [6.45, 7) is 0. The summed E-state index contributed by atoms with van der Waals surface area (Å²) in [7, 11) is 1.57. The van der Waals surface area contributed by atoms with Gasteiger partial charge < -0.3 is 14.7 Å². The Balaban J connectivity index is 1.76. The monoisotopic (exact) mass is 427 g/mol. The van der Waals surface area contributed by atoms with Gasteiger partial charge in [-0.3, -0.25) is 9.59 Å². The maximum absolute atomic E-state index is 13.4. The maximum Gasteiger partial charge on any atom is 0.295 e. The molecule has 3 aromatic rings. The molecule has 1 aliphatic heterocycles. The number of rotatable bonds is 4. The van der Waals surface area contributed by atoms with Gasteiger partial charge in [0.2, 0.25) is 0 Å². The lowest BCUT2D eigenvalue weighted by molar-refractivity contribution is -0.141. The molecule has 2 fully saturated rings. The van der Waals surface area contributed by atoms with Crippen LogP contribution in [0.1, 0.15) is 42.9 Å². The number of aliphatic hydroxyl groups is 1. The van der Waals surface area contributed by atoms with E-state index in [-0.39, 0.29) is 17.4 Å².